The average molecular weight is 377 g/mol. The number of benzene rings is 1. The number of fused-ring (bicyclic) bond motifs is 1. The van der Waals surface area contributed by atoms with Crippen molar-refractivity contribution in [3.8, 4) is 5.75 Å². The standard InChI is InChI=1S/C22H36O3Si/c1-21(2,3)26(5,6)25-18-11-12-19-17(16-18)10-8-7-9-14-22(19,4)15-13-20(23)24/h11-12,16H,7-10,13-15H2,1-6H3,(H,23,24). The fourth-order valence-electron chi connectivity index (χ4n) is 3.66. The fraction of sp³-hybridized carbons (Fsp3) is 0.682. The van der Waals surface area contributed by atoms with E-state index in [1.165, 1.54) is 30.4 Å². The van der Waals surface area contributed by atoms with Crippen LogP contribution in [0.1, 0.15) is 77.3 Å². The molecule has 0 radical (unpaired) electrons. The van der Waals surface area contributed by atoms with Crippen LogP contribution in [0.25, 0.3) is 0 Å². The van der Waals surface area contributed by atoms with E-state index in [1.807, 2.05) is 0 Å². The molecule has 0 saturated carbocycles. The van der Waals surface area contributed by atoms with Gasteiger partial charge < -0.3 is 9.53 Å². The summed E-state index contributed by atoms with van der Waals surface area (Å²) in [4.78, 5) is 11.1. The highest BCUT2D eigenvalue weighted by Crippen LogP contribution is 2.42. The molecule has 0 aromatic heterocycles. The summed E-state index contributed by atoms with van der Waals surface area (Å²) in [5.74, 6) is 0.282. The van der Waals surface area contributed by atoms with Gasteiger partial charge in [0.05, 0.1) is 0 Å². The van der Waals surface area contributed by atoms with E-state index in [1.54, 1.807) is 0 Å². The first-order chi connectivity index (χ1) is 11.9. The Labute approximate surface area is 160 Å². The van der Waals surface area contributed by atoms with Gasteiger partial charge in [-0.3, -0.25) is 4.79 Å². The molecule has 4 heteroatoms. The van der Waals surface area contributed by atoms with E-state index in [0.717, 1.165) is 18.6 Å². The molecule has 3 nitrogen and oxygen atoms in total. The topological polar surface area (TPSA) is 46.5 Å². The molecular weight excluding hydrogens is 340 g/mol. The van der Waals surface area contributed by atoms with Gasteiger partial charge in [0, 0.05) is 6.42 Å². The lowest BCUT2D eigenvalue weighted by molar-refractivity contribution is -0.137. The maximum atomic E-state index is 11.1. The third-order valence-electron chi connectivity index (χ3n) is 6.47. The Morgan fingerprint density at radius 1 is 1.23 bits per heavy atom. The van der Waals surface area contributed by atoms with E-state index >= 15 is 0 Å². The molecule has 1 atom stereocenters. The molecule has 2 rings (SSSR count). The lowest BCUT2D eigenvalue weighted by atomic mass is 9.71. The average Bonchev–Trinajstić information content (AvgIpc) is 2.49. The SMILES string of the molecule is CC1(CCC(=O)O)CCCCCc2cc(O[Si](C)(C)C(C)(C)C)ccc21. The van der Waals surface area contributed by atoms with Crippen molar-refractivity contribution in [2.75, 3.05) is 0 Å². The van der Waals surface area contributed by atoms with Gasteiger partial charge in [0.2, 0.25) is 8.32 Å². The monoisotopic (exact) mass is 376 g/mol. The molecule has 1 aliphatic carbocycles. The third-order valence-corrected chi connectivity index (χ3v) is 10.8. The molecule has 1 aromatic rings. The van der Waals surface area contributed by atoms with Gasteiger partial charge in [0.15, 0.2) is 0 Å². The van der Waals surface area contributed by atoms with Crippen LogP contribution < -0.4 is 4.43 Å². The lowest BCUT2D eigenvalue weighted by Gasteiger charge is -2.37. The maximum absolute atomic E-state index is 11.1. The first kappa shape index (κ1) is 21.0. The highest BCUT2D eigenvalue weighted by molar-refractivity contribution is 6.74. The van der Waals surface area contributed by atoms with Gasteiger partial charge in [-0.15, -0.1) is 0 Å². The predicted molar refractivity (Wildman–Crippen MR) is 111 cm³/mol. The van der Waals surface area contributed by atoms with Crippen LogP contribution >= 0.6 is 0 Å². The van der Waals surface area contributed by atoms with Crippen LogP contribution in [0.5, 0.6) is 5.75 Å². The summed E-state index contributed by atoms with van der Waals surface area (Å²) in [7, 11) is -1.86. The van der Waals surface area contributed by atoms with Crippen molar-refractivity contribution in [2.24, 2.45) is 0 Å². The number of hydrogen-bond donors (Lipinski definition) is 1. The summed E-state index contributed by atoms with van der Waals surface area (Å²) < 4.78 is 6.52. The Kier molecular flexibility index (Phi) is 6.27. The van der Waals surface area contributed by atoms with Crippen LogP contribution in [0.15, 0.2) is 18.2 Å². The molecule has 146 valence electrons. The first-order valence-electron chi connectivity index (χ1n) is 9.99. The second-order valence-corrected chi connectivity index (χ2v) is 14.4. The number of hydrogen-bond acceptors (Lipinski definition) is 2. The Hall–Kier alpha value is -1.29. The fourth-order valence-corrected chi connectivity index (χ4v) is 4.68. The number of carbonyl (C=O) groups is 1. The molecule has 1 N–H and O–H groups in total. The van der Waals surface area contributed by atoms with E-state index in [-0.39, 0.29) is 16.9 Å². The molecule has 1 aromatic carbocycles. The zero-order chi connectivity index (χ0) is 19.6. The minimum Gasteiger partial charge on any atom is -0.543 e. The van der Waals surface area contributed by atoms with Gasteiger partial charge >= 0.3 is 5.97 Å². The van der Waals surface area contributed by atoms with Crippen LogP contribution in [0, 0.1) is 0 Å². The van der Waals surface area contributed by atoms with Crippen molar-refractivity contribution in [3.05, 3.63) is 29.3 Å². The van der Waals surface area contributed by atoms with Crippen molar-refractivity contribution in [1.82, 2.24) is 0 Å². The van der Waals surface area contributed by atoms with Gasteiger partial charge in [0.25, 0.3) is 0 Å². The molecule has 0 aliphatic heterocycles. The summed E-state index contributed by atoms with van der Waals surface area (Å²) in [6, 6.07) is 6.56. The number of aryl methyl sites for hydroxylation is 1. The number of carboxylic acids is 1. The predicted octanol–water partition coefficient (Wildman–Crippen LogP) is 6.31. The van der Waals surface area contributed by atoms with E-state index in [4.69, 9.17) is 9.53 Å². The van der Waals surface area contributed by atoms with Crippen molar-refractivity contribution < 1.29 is 14.3 Å². The Balaban J connectivity index is 2.35. The van der Waals surface area contributed by atoms with E-state index in [2.05, 4.69) is 59.0 Å². The van der Waals surface area contributed by atoms with Crippen LogP contribution in [-0.4, -0.2) is 19.4 Å². The highest BCUT2D eigenvalue weighted by atomic mass is 28.4. The molecular formula is C22H36O3Si. The lowest BCUT2D eigenvalue weighted by Crippen LogP contribution is -2.43. The van der Waals surface area contributed by atoms with Gasteiger partial charge in [-0.2, -0.15) is 0 Å². The molecule has 0 spiro atoms. The summed E-state index contributed by atoms with van der Waals surface area (Å²) in [5, 5.41) is 9.34. The van der Waals surface area contributed by atoms with Gasteiger partial charge in [-0.25, -0.2) is 0 Å². The normalized spacial score (nSPS) is 21.5. The minimum atomic E-state index is -1.86. The summed E-state index contributed by atoms with van der Waals surface area (Å²) in [6.45, 7) is 13.6. The zero-order valence-corrected chi connectivity index (χ0v) is 18.4. The molecule has 0 heterocycles. The smallest absolute Gasteiger partial charge is 0.303 e. The maximum Gasteiger partial charge on any atom is 0.303 e. The molecule has 1 unspecified atom stereocenters. The Bertz CT molecular complexity index is 645. The molecule has 0 fully saturated rings. The number of rotatable bonds is 5. The van der Waals surface area contributed by atoms with Crippen LogP contribution in [0.4, 0.5) is 0 Å². The van der Waals surface area contributed by atoms with Crippen molar-refractivity contribution in [2.45, 2.75) is 96.2 Å². The molecule has 0 saturated heterocycles. The number of carboxylic acid groups (broad SMARTS) is 1. The van der Waals surface area contributed by atoms with Gasteiger partial charge in [-0.1, -0.05) is 46.6 Å². The zero-order valence-electron chi connectivity index (χ0n) is 17.4. The Morgan fingerprint density at radius 2 is 1.92 bits per heavy atom. The van der Waals surface area contributed by atoms with E-state index < -0.39 is 14.3 Å². The summed E-state index contributed by atoms with van der Waals surface area (Å²) in [6.07, 6.45) is 6.66. The van der Waals surface area contributed by atoms with E-state index in [9.17, 15) is 4.79 Å². The number of aliphatic carboxylic acids is 1. The first-order valence-corrected chi connectivity index (χ1v) is 12.9. The molecule has 26 heavy (non-hydrogen) atoms. The second-order valence-electron chi connectivity index (χ2n) is 9.70. The van der Waals surface area contributed by atoms with Crippen molar-refractivity contribution >= 4 is 14.3 Å². The van der Waals surface area contributed by atoms with Crippen molar-refractivity contribution in [1.29, 1.82) is 0 Å². The third kappa shape index (κ3) is 4.90. The van der Waals surface area contributed by atoms with Crippen LogP contribution in [0.2, 0.25) is 18.1 Å². The molecule has 0 amide bonds. The van der Waals surface area contributed by atoms with Crippen LogP contribution in [-0.2, 0) is 16.6 Å². The van der Waals surface area contributed by atoms with E-state index in [0.29, 0.717) is 6.42 Å². The van der Waals surface area contributed by atoms with Gasteiger partial charge in [-0.05, 0) is 72.5 Å². The highest BCUT2D eigenvalue weighted by Gasteiger charge is 2.39. The minimum absolute atomic E-state index is 0.0519. The van der Waals surface area contributed by atoms with Crippen molar-refractivity contribution in [3.63, 3.8) is 0 Å². The summed E-state index contributed by atoms with van der Waals surface area (Å²) >= 11 is 0. The largest absolute Gasteiger partial charge is 0.543 e. The second kappa shape index (κ2) is 7.75. The van der Waals surface area contributed by atoms with Gasteiger partial charge in [0.1, 0.15) is 5.75 Å². The quantitative estimate of drug-likeness (QED) is 0.612. The van der Waals surface area contributed by atoms with Crippen LogP contribution in [0.3, 0.4) is 0 Å². The molecule has 0 bridgehead atoms. The Morgan fingerprint density at radius 3 is 2.54 bits per heavy atom. The summed E-state index contributed by atoms with van der Waals surface area (Å²) in [5.41, 5.74) is 2.64. The molecule has 1 aliphatic rings.